The Morgan fingerprint density at radius 1 is 1.32 bits per heavy atom. The molecule has 0 spiro atoms. The maximum absolute atomic E-state index is 12.0. The second-order valence-corrected chi connectivity index (χ2v) is 5.25. The first-order valence-electron chi connectivity index (χ1n) is 7.01. The first-order valence-corrected chi connectivity index (χ1v) is 7.01. The Morgan fingerprint density at radius 2 is 2.05 bits per heavy atom. The standard InChI is InChI=1S/C13H23N3O3/c1-19-9-12(17)16-7-4-10(5-8-16)15-13(18)11-3-2-6-14-11/h10-11,14H,2-9H2,1H3,(H,15,18)/t11-/m1/s1. The van der Waals surface area contributed by atoms with Gasteiger partial charge in [-0.1, -0.05) is 0 Å². The van der Waals surface area contributed by atoms with Gasteiger partial charge in [0, 0.05) is 26.2 Å². The normalized spacial score (nSPS) is 24.5. The van der Waals surface area contributed by atoms with E-state index in [0.717, 1.165) is 32.2 Å². The van der Waals surface area contributed by atoms with Gasteiger partial charge in [-0.15, -0.1) is 0 Å². The maximum Gasteiger partial charge on any atom is 0.248 e. The van der Waals surface area contributed by atoms with E-state index in [9.17, 15) is 9.59 Å². The molecular formula is C13H23N3O3. The summed E-state index contributed by atoms with van der Waals surface area (Å²) in [6.07, 6.45) is 3.65. The first-order chi connectivity index (χ1) is 9.20. The van der Waals surface area contributed by atoms with E-state index in [0.29, 0.717) is 13.1 Å². The van der Waals surface area contributed by atoms with Gasteiger partial charge in [-0.25, -0.2) is 0 Å². The number of amides is 2. The van der Waals surface area contributed by atoms with Gasteiger partial charge in [0.05, 0.1) is 6.04 Å². The molecule has 0 bridgehead atoms. The predicted octanol–water partition coefficient (Wildman–Crippen LogP) is -0.508. The van der Waals surface area contributed by atoms with Gasteiger partial charge < -0.3 is 20.3 Å². The molecule has 19 heavy (non-hydrogen) atoms. The largest absolute Gasteiger partial charge is 0.375 e. The quantitative estimate of drug-likeness (QED) is 0.721. The Hall–Kier alpha value is -1.14. The van der Waals surface area contributed by atoms with Crippen LogP contribution in [0.4, 0.5) is 0 Å². The summed E-state index contributed by atoms with van der Waals surface area (Å²) in [5.41, 5.74) is 0. The molecule has 0 radical (unpaired) electrons. The Bertz CT molecular complexity index is 321. The van der Waals surface area contributed by atoms with Crippen LogP contribution in [0.1, 0.15) is 25.7 Å². The molecule has 0 aliphatic carbocycles. The zero-order chi connectivity index (χ0) is 13.7. The molecule has 1 atom stereocenters. The van der Waals surface area contributed by atoms with E-state index in [4.69, 9.17) is 4.74 Å². The van der Waals surface area contributed by atoms with Gasteiger partial charge in [0.1, 0.15) is 6.61 Å². The fourth-order valence-electron chi connectivity index (χ4n) is 2.70. The molecule has 0 aromatic rings. The third kappa shape index (κ3) is 3.91. The monoisotopic (exact) mass is 269 g/mol. The van der Waals surface area contributed by atoms with Crippen LogP contribution in [0.3, 0.4) is 0 Å². The maximum atomic E-state index is 12.0. The van der Waals surface area contributed by atoms with Crippen molar-refractivity contribution in [3.05, 3.63) is 0 Å². The number of hydrogen-bond donors (Lipinski definition) is 2. The van der Waals surface area contributed by atoms with Crippen LogP contribution >= 0.6 is 0 Å². The molecule has 0 aromatic heterocycles. The lowest BCUT2D eigenvalue weighted by molar-refractivity contribution is -0.136. The van der Waals surface area contributed by atoms with Gasteiger partial charge in [0.15, 0.2) is 0 Å². The van der Waals surface area contributed by atoms with Crippen LogP contribution < -0.4 is 10.6 Å². The second-order valence-electron chi connectivity index (χ2n) is 5.25. The summed E-state index contributed by atoms with van der Waals surface area (Å²) in [6, 6.07) is 0.176. The molecule has 108 valence electrons. The molecule has 2 N–H and O–H groups in total. The van der Waals surface area contributed by atoms with Crippen LogP contribution in [0.2, 0.25) is 0 Å². The average molecular weight is 269 g/mol. The summed E-state index contributed by atoms with van der Waals surface area (Å²) < 4.78 is 4.85. The van der Waals surface area contributed by atoms with Crippen LogP contribution in [0.5, 0.6) is 0 Å². The molecule has 0 unspecified atom stereocenters. The number of ether oxygens (including phenoxy) is 1. The number of carbonyl (C=O) groups excluding carboxylic acids is 2. The number of nitrogens with one attached hydrogen (secondary N) is 2. The smallest absolute Gasteiger partial charge is 0.248 e. The fourth-order valence-corrected chi connectivity index (χ4v) is 2.70. The summed E-state index contributed by atoms with van der Waals surface area (Å²) in [6.45, 7) is 2.47. The number of hydrogen-bond acceptors (Lipinski definition) is 4. The lowest BCUT2D eigenvalue weighted by atomic mass is 10.0. The number of methoxy groups -OCH3 is 1. The Balaban J connectivity index is 1.71. The van der Waals surface area contributed by atoms with Gasteiger partial charge in [-0.05, 0) is 32.2 Å². The van der Waals surface area contributed by atoms with Crippen LogP contribution in [0.15, 0.2) is 0 Å². The molecule has 2 fully saturated rings. The van der Waals surface area contributed by atoms with E-state index in [1.54, 1.807) is 4.90 Å². The van der Waals surface area contributed by atoms with E-state index < -0.39 is 0 Å². The highest BCUT2D eigenvalue weighted by molar-refractivity contribution is 5.82. The topological polar surface area (TPSA) is 70.7 Å². The highest BCUT2D eigenvalue weighted by Crippen LogP contribution is 2.12. The van der Waals surface area contributed by atoms with Crippen LogP contribution in [-0.4, -0.2) is 62.1 Å². The van der Waals surface area contributed by atoms with Crippen molar-refractivity contribution in [3.63, 3.8) is 0 Å². The molecular weight excluding hydrogens is 246 g/mol. The van der Waals surface area contributed by atoms with E-state index in [2.05, 4.69) is 10.6 Å². The minimum atomic E-state index is -0.0202. The number of likely N-dealkylation sites (tertiary alicyclic amines) is 1. The zero-order valence-electron chi connectivity index (χ0n) is 11.5. The van der Waals surface area contributed by atoms with E-state index >= 15 is 0 Å². The third-order valence-electron chi connectivity index (χ3n) is 3.84. The highest BCUT2D eigenvalue weighted by atomic mass is 16.5. The molecule has 2 saturated heterocycles. The molecule has 2 aliphatic rings. The third-order valence-corrected chi connectivity index (χ3v) is 3.84. The summed E-state index contributed by atoms with van der Waals surface area (Å²) in [5.74, 6) is 0.143. The van der Waals surface area contributed by atoms with E-state index in [1.807, 2.05) is 0 Å². The Labute approximate surface area is 113 Å². The SMILES string of the molecule is COCC(=O)N1CCC(NC(=O)[C@H]2CCCN2)CC1. The lowest BCUT2D eigenvalue weighted by Crippen LogP contribution is -2.50. The van der Waals surface area contributed by atoms with Crippen LogP contribution in [0.25, 0.3) is 0 Å². The van der Waals surface area contributed by atoms with Crippen molar-refractivity contribution in [2.45, 2.75) is 37.8 Å². The van der Waals surface area contributed by atoms with Crippen molar-refractivity contribution in [2.24, 2.45) is 0 Å². The minimum Gasteiger partial charge on any atom is -0.375 e. The Kier molecular flexibility index (Phi) is 5.15. The van der Waals surface area contributed by atoms with E-state index in [-0.39, 0.29) is 30.5 Å². The van der Waals surface area contributed by atoms with Crippen molar-refractivity contribution < 1.29 is 14.3 Å². The first kappa shape index (κ1) is 14.3. The van der Waals surface area contributed by atoms with Gasteiger partial charge in [0.25, 0.3) is 0 Å². The number of piperidine rings is 1. The zero-order valence-corrected chi connectivity index (χ0v) is 11.5. The van der Waals surface area contributed by atoms with Crippen molar-refractivity contribution in [2.75, 3.05) is 33.4 Å². The summed E-state index contributed by atoms with van der Waals surface area (Å²) in [7, 11) is 1.53. The second kappa shape index (κ2) is 6.86. The van der Waals surface area contributed by atoms with E-state index in [1.165, 1.54) is 7.11 Å². The molecule has 0 aromatic carbocycles. The average Bonchev–Trinajstić information content (AvgIpc) is 2.94. The van der Waals surface area contributed by atoms with Crippen molar-refractivity contribution >= 4 is 11.8 Å². The predicted molar refractivity (Wildman–Crippen MR) is 70.6 cm³/mol. The van der Waals surface area contributed by atoms with Crippen molar-refractivity contribution in [1.29, 1.82) is 0 Å². The molecule has 0 saturated carbocycles. The van der Waals surface area contributed by atoms with Gasteiger partial charge >= 0.3 is 0 Å². The molecule has 2 aliphatic heterocycles. The fraction of sp³-hybridized carbons (Fsp3) is 0.846. The highest BCUT2D eigenvalue weighted by Gasteiger charge is 2.27. The lowest BCUT2D eigenvalue weighted by Gasteiger charge is -2.32. The molecule has 6 nitrogen and oxygen atoms in total. The van der Waals surface area contributed by atoms with Crippen molar-refractivity contribution in [1.82, 2.24) is 15.5 Å². The molecule has 2 rings (SSSR count). The van der Waals surface area contributed by atoms with Gasteiger partial charge in [-0.3, -0.25) is 9.59 Å². The minimum absolute atomic E-state index is 0.0202. The number of carbonyl (C=O) groups is 2. The summed E-state index contributed by atoms with van der Waals surface area (Å²) in [5, 5.41) is 6.28. The molecule has 2 heterocycles. The number of nitrogens with zero attached hydrogens (tertiary/aromatic N) is 1. The van der Waals surface area contributed by atoms with Crippen LogP contribution in [-0.2, 0) is 14.3 Å². The summed E-state index contributed by atoms with van der Waals surface area (Å²) in [4.78, 5) is 25.4. The van der Waals surface area contributed by atoms with Crippen molar-refractivity contribution in [3.8, 4) is 0 Å². The van der Waals surface area contributed by atoms with Gasteiger partial charge in [-0.2, -0.15) is 0 Å². The summed E-state index contributed by atoms with van der Waals surface area (Å²) >= 11 is 0. The Morgan fingerprint density at radius 3 is 2.63 bits per heavy atom. The van der Waals surface area contributed by atoms with Crippen LogP contribution in [0, 0.1) is 0 Å². The molecule has 6 heteroatoms. The molecule has 2 amide bonds. The number of rotatable bonds is 4. The van der Waals surface area contributed by atoms with Gasteiger partial charge in [0.2, 0.25) is 11.8 Å².